The second-order valence-electron chi connectivity index (χ2n) is 25.9. The number of unbranched alkanes of at least 4 members (excludes halogenated alkanes) is 45. The van der Waals surface area contributed by atoms with Crippen LogP contribution in [0.4, 0.5) is 0 Å². The number of hydrogen-bond acceptors (Lipinski definition) is 6. The molecule has 0 amide bonds. The van der Waals surface area contributed by atoms with Crippen LogP contribution in [0.25, 0.3) is 0 Å². The predicted octanol–water partition coefficient (Wildman–Crippen LogP) is 18.2. The van der Waals surface area contributed by atoms with Gasteiger partial charge in [0, 0.05) is 0 Å². The van der Waals surface area contributed by atoms with E-state index in [1.165, 1.54) is 406 Å². The first-order valence-electron chi connectivity index (χ1n) is 38.0. The van der Waals surface area contributed by atoms with E-state index < -0.39 is 15.6 Å². The van der Waals surface area contributed by atoms with Crippen LogP contribution in [0.2, 0.25) is 0 Å². The molecule has 10 nitrogen and oxygen atoms in total. The molecule has 0 aliphatic heterocycles. The molecule has 4 N–H and O–H groups in total. The first kappa shape index (κ1) is 90.6. The van der Waals surface area contributed by atoms with Crippen LogP contribution in [0, 0.1) is 0 Å². The lowest BCUT2D eigenvalue weighted by molar-refractivity contribution is -0.901. The van der Waals surface area contributed by atoms with Gasteiger partial charge in [-0.3, -0.25) is 8.88 Å². The highest BCUT2D eigenvalue weighted by Gasteiger charge is 2.11. The van der Waals surface area contributed by atoms with Crippen molar-refractivity contribution < 1.29 is 47.7 Å². The van der Waals surface area contributed by atoms with E-state index >= 15 is 0 Å². The lowest BCUT2D eigenvalue weighted by atomic mass is 10.1. The Morgan fingerprint density at radius 2 is 0.333 bits per heavy atom. The molecule has 512 valence electrons. The smallest absolute Gasteiger partial charge is 0.269 e. The molecule has 0 aliphatic carbocycles. The summed E-state index contributed by atoms with van der Waals surface area (Å²) in [5.74, 6) is 0. The van der Waals surface area contributed by atoms with Gasteiger partial charge < -0.3 is 38.8 Å². The Hall–Kier alpha value is 0.140. The molecular formula is C72H157N3O7P2. The SMILES string of the molecule is CCCCCCCC[NH+](CCCCCCCC)CCCCCCCC.CCCCCCCC[NH+](CCCCCCCC)CCCCCCCC.CCCCCCCC[NH+](CCCCCCCC)CCCCCCCC.O=P([O-])([O-])OP(=O)([O-])O. The number of rotatable bonds is 65. The van der Waals surface area contributed by atoms with Crippen LogP contribution >= 0.6 is 15.6 Å². The number of quaternary nitrogens is 3. The van der Waals surface area contributed by atoms with E-state index in [9.17, 15) is 23.8 Å². The van der Waals surface area contributed by atoms with Gasteiger partial charge in [-0.1, -0.05) is 293 Å². The van der Waals surface area contributed by atoms with Crippen LogP contribution in [0.15, 0.2) is 0 Å². The highest BCUT2D eigenvalue weighted by Crippen LogP contribution is 2.45. The largest absolute Gasteiger partial charge is 0.790 e. The fourth-order valence-electron chi connectivity index (χ4n) is 11.6. The lowest BCUT2D eigenvalue weighted by Gasteiger charge is -2.32. The summed E-state index contributed by atoms with van der Waals surface area (Å²) in [4.78, 5) is 41.5. The first-order chi connectivity index (χ1) is 40.7. The Morgan fingerprint density at radius 3 is 0.417 bits per heavy atom. The predicted molar refractivity (Wildman–Crippen MR) is 366 cm³/mol. The van der Waals surface area contributed by atoms with E-state index in [4.69, 9.17) is 4.89 Å². The van der Waals surface area contributed by atoms with Crippen molar-refractivity contribution in [3.05, 3.63) is 0 Å². The summed E-state index contributed by atoms with van der Waals surface area (Å²) in [5.41, 5.74) is 0. The molecule has 0 heterocycles. The maximum atomic E-state index is 9.44. The zero-order valence-electron chi connectivity index (χ0n) is 58.8. The molecular weight excluding hydrogens is 1080 g/mol. The molecule has 0 aromatic carbocycles. The summed E-state index contributed by atoms with van der Waals surface area (Å²) in [5, 5.41) is 0. The molecule has 0 rings (SSSR count). The Bertz CT molecular complexity index is 1010. The summed E-state index contributed by atoms with van der Waals surface area (Å²) in [6.07, 6.45) is 78.0. The minimum atomic E-state index is -5.61. The second kappa shape index (κ2) is 77.4. The molecule has 0 bridgehead atoms. The molecule has 0 saturated carbocycles. The van der Waals surface area contributed by atoms with Gasteiger partial charge in [-0.25, -0.2) is 0 Å². The summed E-state index contributed by atoms with van der Waals surface area (Å²) in [6.45, 7) is 33.8. The molecule has 0 aliphatic rings. The van der Waals surface area contributed by atoms with Crippen molar-refractivity contribution in [1.29, 1.82) is 0 Å². The number of hydrogen-bond donors (Lipinski definition) is 4. The van der Waals surface area contributed by atoms with Gasteiger partial charge in [0.05, 0.1) is 66.7 Å². The van der Waals surface area contributed by atoms with Gasteiger partial charge in [-0.2, -0.15) is 0 Å². The van der Waals surface area contributed by atoms with Gasteiger partial charge in [0.2, 0.25) is 0 Å². The number of phosphoric acid groups is 2. The van der Waals surface area contributed by atoms with Crippen LogP contribution in [0.3, 0.4) is 0 Å². The third-order valence-electron chi connectivity index (χ3n) is 17.2. The van der Waals surface area contributed by atoms with Crippen molar-refractivity contribution in [1.82, 2.24) is 0 Å². The third-order valence-corrected chi connectivity index (χ3v) is 18.8. The van der Waals surface area contributed by atoms with Gasteiger partial charge in [0.25, 0.3) is 7.82 Å². The minimum absolute atomic E-state index is 1.37. The second-order valence-corrected chi connectivity index (χ2v) is 28.4. The number of nitrogens with one attached hydrogen (secondary N) is 3. The van der Waals surface area contributed by atoms with Crippen LogP contribution in [-0.2, 0) is 13.4 Å². The zero-order valence-corrected chi connectivity index (χ0v) is 60.6. The molecule has 1 atom stereocenters. The Balaban J connectivity index is -0.000000531. The van der Waals surface area contributed by atoms with E-state index in [2.05, 4.69) is 66.6 Å². The average molecular weight is 1240 g/mol. The van der Waals surface area contributed by atoms with Gasteiger partial charge in [-0.15, -0.1) is 0 Å². The van der Waals surface area contributed by atoms with E-state index in [0.29, 0.717) is 0 Å². The monoisotopic (exact) mass is 1240 g/mol. The van der Waals surface area contributed by atoms with E-state index in [1.807, 2.05) is 14.7 Å². The van der Waals surface area contributed by atoms with Crippen molar-refractivity contribution in [2.75, 3.05) is 58.9 Å². The Morgan fingerprint density at radius 1 is 0.226 bits per heavy atom. The molecule has 0 radical (unpaired) electrons. The summed E-state index contributed by atoms with van der Waals surface area (Å²) in [7, 11) is -11.0. The van der Waals surface area contributed by atoms with Gasteiger partial charge in [0.1, 0.15) is 0 Å². The van der Waals surface area contributed by atoms with Crippen LogP contribution in [0.5, 0.6) is 0 Å². The van der Waals surface area contributed by atoms with Crippen LogP contribution in [0.1, 0.15) is 409 Å². The topological polar surface area (TPSA) is 146 Å². The summed E-state index contributed by atoms with van der Waals surface area (Å²) >= 11 is 0. The fraction of sp³-hybridized carbons (Fsp3) is 1.00. The normalized spacial score (nSPS) is 12.3. The highest BCUT2D eigenvalue weighted by molar-refractivity contribution is 7.58. The van der Waals surface area contributed by atoms with Crippen LogP contribution in [-0.4, -0.2) is 63.8 Å². The molecule has 0 fully saturated rings. The average Bonchev–Trinajstić information content (AvgIpc) is 3.46. The van der Waals surface area contributed by atoms with Crippen LogP contribution < -0.4 is 29.4 Å². The van der Waals surface area contributed by atoms with Crippen molar-refractivity contribution in [3.63, 3.8) is 0 Å². The van der Waals surface area contributed by atoms with Gasteiger partial charge >= 0.3 is 0 Å². The van der Waals surface area contributed by atoms with Crippen molar-refractivity contribution in [2.24, 2.45) is 0 Å². The fourth-order valence-corrected chi connectivity index (χ4v) is 12.7. The highest BCUT2D eigenvalue weighted by atomic mass is 31.3. The van der Waals surface area contributed by atoms with Crippen molar-refractivity contribution >= 4 is 15.6 Å². The Labute approximate surface area is 528 Å². The minimum Gasteiger partial charge on any atom is -0.790 e. The maximum Gasteiger partial charge on any atom is 0.269 e. The molecule has 0 saturated heterocycles. The Kier molecular flexibility index (Phi) is 83.4. The lowest BCUT2D eigenvalue weighted by Crippen LogP contribution is -3.12. The van der Waals surface area contributed by atoms with Gasteiger partial charge in [0.15, 0.2) is 0 Å². The maximum absolute atomic E-state index is 9.44. The van der Waals surface area contributed by atoms with E-state index in [1.54, 1.807) is 0 Å². The molecule has 12 heteroatoms. The van der Waals surface area contributed by atoms with E-state index in [0.717, 1.165) is 0 Å². The molecule has 1 unspecified atom stereocenters. The molecule has 84 heavy (non-hydrogen) atoms. The molecule has 0 aromatic heterocycles. The van der Waals surface area contributed by atoms with Crippen molar-refractivity contribution in [3.8, 4) is 0 Å². The molecule has 0 spiro atoms. The molecule has 0 aromatic rings. The summed E-state index contributed by atoms with van der Waals surface area (Å²) < 4.78 is 21.4. The third kappa shape index (κ3) is 88.6. The zero-order chi connectivity index (χ0) is 63.0. The van der Waals surface area contributed by atoms with Gasteiger partial charge in [-0.05, 0) is 116 Å². The quantitative estimate of drug-likeness (QED) is 0.0350. The van der Waals surface area contributed by atoms with E-state index in [-0.39, 0.29) is 0 Å². The first-order valence-corrected chi connectivity index (χ1v) is 41.0. The standard InChI is InChI=1S/3C24H51N.H4O7P2/c3*1-4-7-10-13-16-19-22-25(23-20-17-14-11-8-5-2)24-21-18-15-12-9-6-3;1-8(2,3)7-9(4,5)6/h3*4-24H2,1-3H3;(H2,1,2,3)(H2,4,5,6). The van der Waals surface area contributed by atoms with Crippen molar-refractivity contribution in [2.45, 2.75) is 409 Å². The summed E-state index contributed by atoms with van der Waals surface area (Å²) in [6, 6.07) is 0.